The molecule has 0 aliphatic heterocycles. The van der Waals surface area contributed by atoms with Crippen LogP contribution in [0.1, 0.15) is 39.0 Å². The summed E-state index contributed by atoms with van der Waals surface area (Å²) in [6.07, 6.45) is 5.97. The van der Waals surface area contributed by atoms with Crippen molar-refractivity contribution in [3.8, 4) is 5.75 Å². The van der Waals surface area contributed by atoms with Gasteiger partial charge < -0.3 is 9.47 Å². The van der Waals surface area contributed by atoms with Crippen LogP contribution in [-0.4, -0.2) is 18.7 Å². The third-order valence-corrected chi connectivity index (χ3v) is 4.78. The molecule has 2 rings (SSSR count). The van der Waals surface area contributed by atoms with Crippen LogP contribution in [-0.2, 0) is 9.53 Å². The zero-order chi connectivity index (χ0) is 16.0. The average molecular weight is 367 g/mol. The van der Waals surface area contributed by atoms with Crippen LogP contribution in [0.5, 0.6) is 5.75 Å². The van der Waals surface area contributed by atoms with Crippen LogP contribution < -0.4 is 4.74 Å². The lowest BCUT2D eigenvalue weighted by atomic mass is 9.71. The van der Waals surface area contributed by atoms with E-state index in [4.69, 9.17) is 9.47 Å². The molecule has 0 radical (unpaired) electrons. The minimum absolute atomic E-state index is 0.0861. The number of ether oxygens (including phenoxy) is 2. The molecule has 0 spiro atoms. The summed E-state index contributed by atoms with van der Waals surface area (Å²) in [7, 11) is 0. The Hall–Kier alpha value is -1.29. The molecule has 0 saturated heterocycles. The van der Waals surface area contributed by atoms with Crippen molar-refractivity contribution in [2.24, 2.45) is 5.41 Å². The molecule has 1 aromatic carbocycles. The van der Waals surface area contributed by atoms with E-state index in [1.165, 1.54) is 0 Å². The van der Waals surface area contributed by atoms with Crippen molar-refractivity contribution >= 4 is 21.9 Å². The lowest BCUT2D eigenvalue weighted by Gasteiger charge is -2.37. The number of carbonyl (C=O) groups is 1. The van der Waals surface area contributed by atoms with Crippen LogP contribution in [0.2, 0.25) is 0 Å². The van der Waals surface area contributed by atoms with Crippen molar-refractivity contribution in [2.45, 2.75) is 45.1 Å². The van der Waals surface area contributed by atoms with Gasteiger partial charge in [0.2, 0.25) is 0 Å². The number of esters is 1. The highest BCUT2D eigenvalue weighted by Crippen LogP contribution is 2.42. The summed E-state index contributed by atoms with van der Waals surface area (Å²) < 4.78 is 12.3. The van der Waals surface area contributed by atoms with E-state index in [1.54, 1.807) is 0 Å². The Labute approximate surface area is 140 Å². The molecule has 0 aromatic heterocycles. The maximum absolute atomic E-state index is 12.3. The molecule has 4 heteroatoms. The van der Waals surface area contributed by atoms with Gasteiger partial charge in [-0.3, -0.25) is 4.79 Å². The van der Waals surface area contributed by atoms with Gasteiger partial charge in [0, 0.05) is 4.47 Å². The maximum atomic E-state index is 12.3. The Balaban J connectivity index is 1.96. The summed E-state index contributed by atoms with van der Waals surface area (Å²) in [5, 5.41) is 0. The number of rotatable bonds is 6. The fraction of sp³-hybridized carbons (Fsp3) is 0.500. The Morgan fingerprint density at radius 3 is 2.55 bits per heavy atom. The fourth-order valence-electron chi connectivity index (χ4n) is 3.02. The Bertz CT molecular complexity index is 502. The van der Waals surface area contributed by atoms with Crippen LogP contribution >= 0.6 is 15.9 Å². The number of benzene rings is 1. The van der Waals surface area contributed by atoms with Crippen LogP contribution in [0, 0.1) is 5.41 Å². The molecule has 120 valence electrons. The van der Waals surface area contributed by atoms with Gasteiger partial charge in [-0.25, -0.2) is 0 Å². The quantitative estimate of drug-likeness (QED) is 0.530. The highest BCUT2D eigenvalue weighted by Gasteiger charge is 2.42. The minimum Gasteiger partial charge on any atom is -0.490 e. The standard InChI is InChI=1S/C18H23BrO3/c1-3-11-18(17(20)21-4-2)12-9-16(10-13-18)22-15-7-5-14(19)6-8-15/h3,5-8,16H,1,4,9-13H2,2H3. The SMILES string of the molecule is C=CCC1(C(=O)OCC)CCC(Oc2ccc(Br)cc2)CC1. The van der Waals surface area contributed by atoms with Crippen molar-refractivity contribution < 1.29 is 14.3 Å². The molecule has 3 nitrogen and oxygen atoms in total. The molecule has 0 atom stereocenters. The average Bonchev–Trinajstić information content (AvgIpc) is 2.52. The number of hydrogen-bond donors (Lipinski definition) is 0. The van der Waals surface area contributed by atoms with E-state index in [1.807, 2.05) is 37.3 Å². The first-order valence-corrected chi connectivity index (χ1v) is 8.59. The summed E-state index contributed by atoms with van der Waals surface area (Å²) in [5.74, 6) is 0.789. The van der Waals surface area contributed by atoms with E-state index in [9.17, 15) is 4.79 Å². The Morgan fingerprint density at radius 1 is 1.36 bits per heavy atom. The highest BCUT2D eigenvalue weighted by atomic mass is 79.9. The van der Waals surface area contributed by atoms with Crippen molar-refractivity contribution in [3.05, 3.63) is 41.4 Å². The zero-order valence-corrected chi connectivity index (χ0v) is 14.6. The van der Waals surface area contributed by atoms with Crippen LogP contribution in [0.4, 0.5) is 0 Å². The molecule has 1 fully saturated rings. The van der Waals surface area contributed by atoms with Crippen molar-refractivity contribution in [1.29, 1.82) is 0 Å². The molecule has 1 aliphatic rings. The van der Waals surface area contributed by atoms with Gasteiger partial charge in [0.25, 0.3) is 0 Å². The lowest BCUT2D eigenvalue weighted by molar-refractivity contribution is -0.158. The third-order valence-electron chi connectivity index (χ3n) is 4.25. The van der Waals surface area contributed by atoms with E-state index in [0.717, 1.165) is 35.9 Å². The number of allylic oxidation sites excluding steroid dienone is 1. The van der Waals surface area contributed by atoms with E-state index in [0.29, 0.717) is 13.0 Å². The van der Waals surface area contributed by atoms with Gasteiger partial charge in [-0.15, -0.1) is 6.58 Å². The molecule has 22 heavy (non-hydrogen) atoms. The largest absolute Gasteiger partial charge is 0.490 e. The molecule has 1 aliphatic carbocycles. The molecule has 0 bridgehead atoms. The first-order valence-electron chi connectivity index (χ1n) is 7.80. The predicted octanol–water partition coefficient (Wildman–Crippen LogP) is 4.90. The van der Waals surface area contributed by atoms with Crippen LogP contribution in [0.15, 0.2) is 41.4 Å². The highest BCUT2D eigenvalue weighted by molar-refractivity contribution is 9.10. The summed E-state index contributed by atoms with van der Waals surface area (Å²) in [6, 6.07) is 7.86. The molecular formula is C18H23BrO3. The number of hydrogen-bond acceptors (Lipinski definition) is 3. The summed E-state index contributed by atoms with van der Waals surface area (Å²) >= 11 is 3.42. The molecule has 1 saturated carbocycles. The summed E-state index contributed by atoms with van der Waals surface area (Å²) in [4.78, 5) is 12.3. The van der Waals surface area contributed by atoms with Gasteiger partial charge in [0.15, 0.2) is 0 Å². The predicted molar refractivity (Wildman–Crippen MR) is 90.9 cm³/mol. The fourth-order valence-corrected chi connectivity index (χ4v) is 3.28. The number of halogens is 1. The van der Waals surface area contributed by atoms with Gasteiger partial charge >= 0.3 is 5.97 Å². The monoisotopic (exact) mass is 366 g/mol. The first-order chi connectivity index (χ1) is 10.6. The van der Waals surface area contributed by atoms with Crippen molar-refractivity contribution in [3.63, 3.8) is 0 Å². The molecule has 0 amide bonds. The number of carbonyl (C=O) groups excluding carboxylic acids is 1. The topological polar surface area (TPSA) is 35.5 Å². The Kier molecular flexibility index (Phi) is 6.07. The van der Waals surface area contributed by atoms with Gasteiger partial charge in [-0.2, -0.15) is 0 Å². The summed E-state index contributed by atoms with van der Waals surface area (Å²) in [6.45, 7) is 6.07. The molecule has 0 heterocycles. The molecule has 0 N–H and O–H groups in total. The molecule has 1 aromatic rings. The first kappa shape index (κ1) is 17.1. The second kappa shape index (κ2) is 7.82. The van der Waals surface area contributed by atoms with E-state index in [-0.39, 0.29) is 12.1 Å². The lowest BCUT2D eigenvalue weighted by Crippen LogP contribution is -2.39. The molecular weight excluding hydrogens is 344 g/mol. The van der Waals surface area contributed by atoms with Gasteiger partial charge in [-0.1, -0.05) is 22.0 Å². The minimum atomic E-state index is -0.405. The zero-order valence-electron chi connectivity index (χ0n) is 13.0. The van der Waals surface area contributed by atoms with E-state index in [2.05, 4.69) is 22.5 Å². The van der Waals surface area contributed by atoms with Crippen LogP contribution in [0.3, 0.4) is 0 Å². The van der Waals surface area contributed by atoms with Gasteiger partial charge in [0.1, 0.15) is 5.75 Å². The second-order valence-corrected chi connectivity index (χ2v) is 6.68. The smallest absolute Gasteiger partial charge is 0.312 e. The molecule has 0 unspecified atom stereocenters. The van der Waals surface area contributed by atoms with Crippen molar-refractivity contribution in [1.82, 2.24) is 0 Å². The van der Waals surface area contributed by atoms with Gasteiger partial charge in [-0.05, 0) is 63.3 Å². The Morgan fingerprint density at radius 2 is 2.00 bits per heavy atom. The van der Waals surface area contributed by atoms with E-state index < -0.39 is 5.41 Å². The summed E-state index contributed by atoms with van der Waals surface area (Å²) in [5.41, 5.74) is -0.405. The van der Waals surface area contributed by atoms with E-state index >= 15 is 0 Å². The van der Waals surface area contributed by atoms with Crippen LogP contribution in [0.25, 0.3) is 0 Å². The second-order valence-electron chi connectivity index (χ2n) is 5.76. The van der Waals surface area contributed by atoms with Gasteiger partial charge in [0.05, 0.1) is 18.1 Å². The van der Waals surface area contributed by atoms with Crippen molar-refractivity contribution in [2.75, 3.05) is 6.61 Å². The normalized spacial score (nSPS) is 24.5. The third kappa shape index (κ3) is 4.13. The maximum Gasteiger partial charge on any atom is 0.312 e.